The molecule has 1 N–H and O–H groups in total. The van der Waals surface area contributed by atoms with Gasteiger partial charge in [-0.15, -0.1) is 0 Å². The summed E-state index contributed by atoms with van der Waals surface area (Å²) in [6, 6.07) is 4.58. The van der Waals surface area contributed by atoms with Crippen molar-refractivity contribution in [3.05, 3.63) is 55.6 Å². The maximum atomic E-state index is 11.2. The summed E-state index contributed by atoms with van der Waals surface area (Å²) in [6.07, 6.45) is -2.22. The van der Waals surface area contributed by atoms with Gasteiger partial charge in [0.2, 0.25) is 6.10 Å². The summed E-state index contributed by atoms with van der Waals surface area (Å²) in [5.41, 5.74) is -1.04. The molecule has 9 nitrogen and oxygen atoms in total. The standard InChI is InChI=1S/C9H6N2O7/c12-7(9(14)11(17)18)5-3-1-2-4-6(5)8(13)10(15)16/h1-4,7,12H. The van der Waals surface area contributed by atoms with E-state index in [2.05, 4.69) is 0 Å². The lowest BCUT2D eigenvalue weighted by Crippen LogP contribution is -2.24. The molecule has 0 aliphatic heterocycles. The summed E-state index contributed by atoms with van der Waals surface area (Å²) in [5.74, 6) is -3.32. The van der Waals surface area contributed by atoms with Crippen molar-refractivity contribution in [3.63, 3.8) is 0 Å². The van der Waals surface area contributed by atoms with Crippen molar-refractivity contribution in [2.24, 2.45) is 0 Å². The molecule has 0 fully saturated rings. The second kappa shape index (κ2) is 5.10. The van der Waals surface area contributed by atoms with Crippen LogP contribution in [0.15, 0.2) is 24.3 Å². The third kappa shape index (κ3) is 2.52. The van der Waals surface area contributed by atoms with Gasteiger partial charge < -0.3 is 5.11 Å². The topological polar surface area (TPSA) is 141 Å². The first-order valence-electron chi connectivity index (χ1n) is 4.50. The fourth-order valence-corrected chi connectivity index (χ4v) is 1.26. The molecule has 0 radical (unpaired) electrons. The number of rotatable bonds is 3. The van der Waals surface area contributed by atoms with Crippen molar-refractivity contribution in [1.29, 1.82) is 0 Å². The fraction of sp³-hybridized carbons (Fsp3) is 0.111. The Labute approximate surface area is 98.9 Å². The second-order valence-electron chi connectivity index (χ2n) is 3.15. The number of carbonyl (C=O) groups is 2. The van der Waals surface area contributed by atoms with Crippen LogP contribution in [-0.4, -0.2) is 26.8 Å². The van der Waals surface area contributed by atoms with Crippen LogP contribution in [0.25, 0.3) is 0 Å². The maximum absolute atomic E-state index is 11.2. The summed E-state index contributed by atoms with van der Waals surface area (Å²) >= 11 is 0. The Hall–Kier alpha value is -2.68. The van der Waals surface area contributed by atoms with Gasteiger partial charge in [0.25, 0.3) is 0 Å². The Morgan fingerprint density at radius 3 is 2.17 bits per heavy atom. The molecular weight excluding hydrogens is 248 g/mol. The Morgan fingerprint density at radius 1 is 1.11 bits per heavy atom. The number of nitro groups is 2. The second-order valence-corrected chi connectivity index (χ2v) is 3.15. The third-order valence-electron chi connectivity index (χ3n) is 2.07. The van der Waals surface area contributed by atoms with Crippen LogP contribution in [-0.2, 0) is 4.79 Å². The van der Waals surface area contributed by atoms with Crippen molar-refractivity contribution < 1.29 is 24.5 Å². The molecular formula is C9H6N2O7. The Bertz CT molecular complexity index is 539. The Kier molecular flexibility index (Phi) is 3.79. The fourth-order valence-electron chi connectivity index (χ4n) is 1.26. The summed E-state index contributed by atoms with van der Waals surface area (Å²) in [4.78, 5) is 40.1. The lowest BCUT2D eigenvalue weighted by Gasteiger charge is -2.06. The van der Waals surface area contributed by atoms with Crippen LogP contribution < -0.4 is 0 Å². The van der Waals surface area contributed by atoms with Crippen molar-refractivity contribution in [1.82, 2.24) is 0 Å². The number of carbonyl (C=O) groups excluding carboxylic acids is 2. The van der Waals surface area contributed by atoms with E-state index >= 15 is 0 Å². The summed E-state index contributed by atoms with van der Waals surface area (Å²) in [6.45, 7) is 0. The van der Waals surface area contributed by atoms with Gasteiger partial charge in [-0.25, -0.2) is 9.59 Å². The Morgan fingerprint density at radius 2 is 1.67 bits per heavy atom. The van der Waals surface area contributed by atoms with E-state index in [4.69, 9.17) is 0 Å². The van der Waals surface area contributed by atoms with Crippen LogP contribution in [0.2, 0.25) is 0 Å². The number of aliphatic hydroxyl groups excluding tert-OH is 1. The molecule has 1 atom stereocenters. The normalized spacial score (nSPS) is 11.6. The quantitative estimate of drug-likeness (QED) is 0.588. The number of nitrogens with zero attached hydrogens (tertiary/aromatic N) is 2. The zero-order valence-corrected chi connectivity index (χ0v) is 8.68. The van der Waals surface area contributed by atoms with E-state index in [0.29, 0.717) is 0 Å². The molecule has 18 heavy (non-hydrogen) atoms. The monoisotopic (exact) mass is 254 g/mol. The van der Waals surface area contributed by atoms with Crippen LogP contribution in [0.5, 0.6) is 0 Å². The van der Waals surface area contributed by atoms with E-state index in [1.54, 1.807) is 0 Å². The van der Waals surface area contributed by atoms with Gasteiger partial charge in [0.1, 0.15) is 15.4 Å². The van der Waals surface area contributed by atoms with E-state index in [1.807, 2.05) is 0 Å². The Balaban J connectivity index is 3.25. The molecule has 94 valence electrons. The van der Waals surface area contributed by atoms with E-state index in [-0.39, 0.29) is 0 Å². The van der Waals surface area contributed by atoms with Crippen molar-refractivity contribution in [3.8, 4) is 0 Å². The van der Waals surface area contributed by atoms with Crippen molar-refractivity contribution >= 4 is 11.8 Å². The van der Waals surface area contributed by atoms with Gasteiger partial charge in [0.05, 0.1) is 0 Å². The highest BCUT2D eigenvalue weighted by molar-refractivity contribution is 5.91. The van der Waals surface area contributed by atoms with Gasteiger partial charge in [-0.1, -0.05) is 18.2 Å². The number of hydrogen-bond donors (Lipinski definition) is 1. The summed E-state index contributed by atoms with van der Waals surface area (Å²) < 4.78 is 0. The van der Waals surface area contributed by atoms with E-state index in [0.717, 1.165) is 12.1 Å². The number of amides is 2. The summed E-state index contributed by atoms with van der Waals surface area (Å²) in [7, 11) is 0. The van der Waals surface area contributed by atoms with Gasteiger partial charge in [-0.3, -0.25) is 20.2 Å². The minimum atomic E-state index is -2.22. The lowest BCUT2D eigenvalue weighted by atomic mass is 10.0. The maximum Gasteiger partial charge on any atom is 0.477 e. The molecule has 1 unspecified atom stereocenters. The molecule has 1 aromatic carbocycles. The molecule has 2 amide bonds. The molecule has 1 rings (SSSR count). The molecule has 0 saturated carbocycles. The minimum absolute atomic E-state index is 0.471. The zero-order chi connectivity index (χ0) is 13.9. The number of benzene rings is 1. The predicted octanol–water partition coefficient (Wildman–Crippen LogP) is -0.0598. The highest BCUT2D eigenvalue weighted by atomic mass is 16.6. The highest BCUT2D eigenvalue weighted by Gasteiger charge is 2.34. The van der Waals surface area contributed by atoms with Crippen LogP contribution >= 0.6 is 0 Å². The first-order valence-corrected chi connectivity index (χ1v) is 4.50. The average molecular weight is 254 g/mol. The molecule has 0 bridgehead atoms. The highest BCUT2D eigenvalue weighted by Crippen LogP contribution is 2.19. The molecule has 0 saturated heterocycles. The third-order valence-corrected chi connectivity index (χ3v) is 2.07. The predicted molar refractivity (Wildman–Crippen MR) is 54.7 cm³/mol. The van der Waals surface area contributed by atoms with Crippen LogP contribution in [0, 0.1) is 20.2 Å². The SMILES string of the molecule is O=C(c1ccccc1C(O)C(=O)[N+](=O)[O-])[N+](=O)[O-]. The van der Waals surface area contributed by atoms with Crippen LogP contribution in [0.4, 0.5) is 0 Å². The molecule has 9 heteroatoms. The zero-order valence-electron chi connectivity index (χ0n) is 8.68. The van der Waals surface area contributed by atoms with Gasteiger partial charge in [0, 0.05) is 5.56 Å². The average Bonchev–Trinajstić information content (AvgIpc) is 2.35. The number of aliphatic hydroxyl groups is 1. The molecule has 0 heterocycles. The van der Waals surface area contributed by atoms with E-state index in [1.165, 1.54) is 12.1 Å². The summed E-state index contributed by atoms with van der Waals surface area (Å²) in [5, 5.41) is 29.9. The smallest absolute Gasteiger partial charge is 0.374 e. The first-order chi connectivity index (χ1) is 8.36. The van der Waals surface area contributed by atoms with E-state index in [9.17, 15) is 34.9 Å². The molecule has 0 aromatic heterocycles. The van der Waals surface area contributed by atoms with Crippen molar-refractivity contribution in [2.45, 2.75) is 6.10 Å². The minimum Gasteiger partial charge on any atom is -0.374 e. The number of hydrogen-bond acceptors (Lipinski definition) is 7. The lowest BCUT2D eigenvalue weighted by molar-refractivity contribution is -0.409. The van der Waals surface area contributed by atoms with Gasteiger partial charge in [-0.05, 0) is 6.07 Å². The first kappa shape index (κ1) is 13.4. The molecule has 0 spiro atoms. The van der Waals surface area contributed by atoms with Crippen LogP contribution in [0.1, 0.15) is 22.0 Å². The molecule has 1 aromatic rings. The molecule has 0 aliphatic rings. The van der Waals surface area contributed by atoms with Gasteiger partial charge >= 0.3 is 11.8 Å². The van der Waals surface area contributed by atoms with Gasteiger partial charge in [-0.2, -0.15) is 0 Å². The van der Waals surface area contributed by atoms with E-state index < -0.39 is 38.9 Å². The van der Waals surface area contributed by atoms with Gasteiger partial charge in [0.15, 0.2) is 0 Å². The molecule has 0 aliphatic carbocycles. The largest absolute Gasteiger partial charge is 0.477 e. The van der Waals surface area contributed by atoms with Crippen molar-refractivity contribution in [2.75, 3.05) is 0 Å². The van der Waals surface area contributed by atoms with Crippen LogP contribution in [0.3, 0.4) is 0 Å².